The lowest BCUT2D eigenvalue weighted by atomic mass is 10.1. The molecule has 1 saturated heterocycles. The summed E-state index contributed by atoms with van der Waals surface area (Å²) in [7, 11) is 1.49. The van der Waals surface area contributed by atoms with Crippen LogP contribution in [0.3, 0.4) is 0 Å². The number of benzene rings is 2. The van der Waals surface area contributed by atoms with E-state index in [1.165, 1.54) is 25.3 Å². The number of carbonyl (C=O) groups excluding carboxylic acids is 1. The lowest BCUT2D eigenvalue weighted by Crippen LogP contribution is -2.48. The molecular formula is C25H21F4N5O2. The molecule has 5 rings (SSSR count). The van der Waals surface area contributed by atoms with E-state index >= 15 is 0 Å². The third kappa shape index (κ3) is 4.56. The lowest BCUT2D eigenvalue weighted by molar-refractivity contribution is -0.142. The number of methoxy groups -OCH3 is 1. The number of rotatable bonds is 4. The number of alkyl halides is 3. The third-order valence-corrected chi connectivity index (χ3v) is 6.08. The molecule has 7 nitrogen and oxygen atoms in total. The van der Waals surface area contributed by atoms with Crippen molar-refractivity contribution in [2.24, 2.45) is 0 Å². The smallest absolute Gasteiger partial charge is 0.433 e. The van der Waals surface area contributed by atoms with Crippen molar-refractivity contribution in [3.8, 4) is 17.0 Å². The number of aromatic nitrogens is 3. The molecule has 4 aromatic rings. The maximum absolute atomic E-state index is 13.9. The van der Waals surface area contributed by atoms with Crippen molar-refractivity contribution in [2.45, 2.75) is 6.18 Å². The van der Waals surface area contributed by atoms with Gasteiger partial charge in [0.15, 0.2) is 17.0 Å². The summed E-state index contributed by atoms with van der Waals surface area (Å²) in [6.07, 6.45) is -4.71. The predicted octanol–water partition coefficient (Wildman–Crippen LogP) is 4.53. The second-order valence-corrected chi connectivity index (χ2v) is 8.31. The Kier molecular flexibility index (Phi) is 5.99. The fourth-order valence-electron chi connectivity index (χ4n) is 4.17. The number of hydrogen-bond donors (Lipinski definition) is 0. The molecule has 1 fully saturated rings. The van der Waals surface area contributed by atoms with Crippen LogP contribution in [0.1, 0.15) is 16.2 Å². The van der Waals surface area contributed by atoms with Gasteiger partial charge in [-0.2, -0.15) is 18.3 Å². The minimum Gasteiger partial charge on any atom is -0.497 e. The van der Waals surface area contributed by atoms with Crippen molar-refractivity contribution >= 4 is 17.2 Å². The fraction of sp³-hybridized carbons (Fsp3) is 0.240. The largest absolute Gasteiger partial charge is 0.497 e. The standard InChI is InChI=1S/C25H21F4N5O2/c1-36-19-8-2-16(3-9-19)20-14-22(25(27,28)29)34-23(30-20)15-21(31-34)24(35)33-12-10-32(11-13-33)18-6-4-17(26)5-7-18/h2-9,14-15H,10-13H2,1H3. The summed E-state index contributed by atoms with van der Waals surface area (Å²) in [4.78, 5) is 21.0. The van der Waals surface area contributed by atoms with Gasteiger partial charge in [-0.25, -0.2) is 13.9 Å². The number of hydrogen-bond acceptors (Lipinski definition) is 5. The van der Waals surface area contributed by atoms with Gasteiger partial charge in [-0.05, 0) is 54.6 Å². The zero-order valence-corrected chi connectivity index (χ0v) is 19.2. The molecule has 2 aromatic heterocycles. The molecule has 0 bridgehead atoms. The first kappa shape index (κ1) is 23.6. The van der Waals surface area contributed by atoms with E-state index in [0.717, 1.165) is 11.8 Å². The normalized spacial score (nSPS) is 14.4. The van der Waals surface area contributed by atoms with Gasteiger partial charge in [0.2, 0.25) is 0 Å². The highest BCUT2D eigenvalue weighted by molar-refractivity contribution is 5.93. The molecule has 0 radical (unpaired) electrons. The van der Waals surface area contributed by atoms with Crippen molar-refractivity contribution in [2.75, 3.05) is 38.2 Å². The van der Waals surface area contributed by atoms with Crippen LogP contribution in [-0.2, 0) is 6.18 Å². The van der Waals surface area contributed by atoms with Crippen LogP contribution in [0.15, 0.2) is 60.7 Å². The average molecular weight is 499 g/mol. The number of nitrogens with zero attached hydrogens (tertiary/aromatic N) is 5. The van der Waals surface area contributed by atoms with Crippen molar-refractivity contribution in [1.82, 2.24) is 19.5 Å². The summed E-state index contributed by atoms with van der Waals surface area (Å²) in [5, 5.41) is 3.97. The summed E-state index contributed by atoms with van der Waals surface area (Å²) in [5.41, 5.74) is 0.179. The van der Waals surface area contributed by atoms with Crippen LogP contribution in [0, 0.1) is 5.82 Å². The topological polar surface area (TPSA) is 63.0 Å². The lowest BCUT2D eigenvalue weighted by Gasteiger charge is -2.35. The van der Waals surface area contributed by atoms with E-state index in [4.69, 9.17) is 4.74 Å². The number of piperazine rings is 1. The average Bonchev–Trinajstić information content (AvgIpc) is 3.32. The van der Waals surface area contributed by atoms with E-state index in [1.807, 2.05) is 4.90 Å². The molecule has 36 heavy (non-hydrogen) atoms. The summed E-state index contributed by atoms with van der Waals surface area (Å²) in [5.74, 6) is -0.243. The van der Waals surface area contributed by atoms with Gasteiger partial charge in [-0.1, -0.05) is 0 Å². The Hall–Kier alpha value is -4.15. The van der Waals surface area contributed by atoms with Crippen molar-refractivity contribution < 1.29 is 27.1 Å². The first-order valence-electron chi connectivity index (χ1n) is 11.2. The second-order valence-electron chi connectivity index (χ2n) is 8.31. The molecule has 1 amide bonds. The first-order chi connectivity index (χ1) is 17.2. The van der Waals surface area contributed by atoms with Gasteiger partial charge in [-0.15, -0.1) is 0 Å². The van der Waals surface area contributed by atoms with Crippen LogP contribution in [0.2, 0.25) is 0 Å². The molecule has 1 aliphatic rings. The number of carbonyl (C=O) groups is 1. The van der Waals surface area contributed by atoms with Gasteiger partial charge in [0.05, 0.1) is 12.8 Å². The van der Waals surface area contributed by atoms with E-state index < -0.39 is 17.8 Å². The Balaban J connectivity index is 1.41. The Morgan fingerprint density at radius 3 is 2.22 bits per heavy atom. The van der Waals surface area contributed by atoms with Crippen LogP contribution >= 0.6 is 0 Å². The van der Waals surface area contributed by atoms with Gasteiger partial charge >= 0.3 is 6.18 Å². The molecular weight excluding hydrogens is 478 g/mol. The zero-order valence-electron chi connectivity index (χ0n) is 19.2. The van der Waals surface area contributed by atoms with Crippen molar-refractivity contribution in [1.29, 1.82) is 0 Å². The molecule has 3 heterocycles. The van der Waals surface area contributed by atoms with Gasteiger partial charge in [0.1, 0.15) is 11.6 Å². The Labute approximate surface area is 203 Å². The molecule has 0 atom stereocenters. The molecule has 0 saturated carbocycles. The van der Waals surface area contributed by atoms with Crippen molar-refractivity contribution in [3.63, 3.8) is 0 Å². The summed E-state index contributed by atoms with van der Waals surface area (Å²) >= 11 is 0. The number of ether oxygens (including phenoxy) is 1. The third-order valence-electron chi connectivity index (χ3n) is 6.08. The molecule has 0 spiro atoms. The van der Waals surface area contributed by atoms with Crippen LogP contribution in [0.4, 0.5) is 23.2 Å². The Bertz CT molecular complexity index is 1390. The van der Waals surface area contributed by atoms with Crippen LogP contribution in [0.25, 0.3) is 16.9 Å². The molecule has 186 valence electrons. The number of fused-ring (bicyclic) bond motifs is 1. The summed E-state index contributed by atoms with van der Waals surface area (Å²) < 4.78 is 60.6. The monoisotopic (exact) mass is 499 g/mol. The Morgan fingerprint density at radius 2 is 1.61 bits per heavy atom. The summed E-state index contributed by atoms with van der Waals surface area (Å²) in [6, 6.07) is 14.7. The van der Waals surface area contributed by atoms with E-state index in [1.54, 1.807) is 41.3 Å². The highest BCUT2D eigenvalue weighted by atomic mass is 19.4. The van der Waals surface area contributed by atoms with Crippen LogP contribution in [-0.4, -0.2) is 58.7 Å². The molecule has 0 N–H and O–H groups in total. The van der Waals surface area contributed by atoms with E-state index in [2.05, 4.69) is 10.1 Å². The number of amides is 1. The minimum absolute atomic E-state index is 0.0797. The SMILES string of the molecule is COc1ccc(-c2cc(C(F)(F)F)n3nc(C(=O)N4CCN(c5ccc(F)cc5)CC4)cc3n2)cc1. The van der Waals surface area contributed by atoms with Crippen LogP contribution < -0.4 is 9.64 Å². The highest BCUT2D eigenvalue weighted by Gasteiger charge is 2.36. The second kappa shape index (κ2) is 9.14. The predicted molar refractivity (Wildman–Crippen MR) is 124 cm³/mol. The molecule has 11 heteroatoms. The maximum Gasteiger partial charge on any atom is 0.433 e. The molecule has 2 aromatic carbocycles. The van der Waals surface area contributed by atoms with E-state index in [-0.39, 0.29) is 22.9 Å². The van der Waals surface area contributed by atoms with E-state index in [0.29, 0.717) is 42.0 Å². The van der Waals surface area contributed by atoms with Gasteiger partial charge in [-0.3, -0.25) is 4.79 Å². The van der Waals surface area contributed by atoms with Gasteiger partial charge in [0.25, 0.3) is 5.91 Å². The zero-order chi connectivity index (χ0) is 25.4. The summed E-state index contributed by atoms with van der Waals surface area (Å²) in [6.45, 7) is 1.69. The van der Waals surface area contributed by atoms with Gasteiger partial charge in [0, 0.05) is 43.5 Å². The minimum atomic E-state index is -4.71. The molecule has 0 unspecified atom stereocenters. The molecule has 0 aliphatic carbocycles. The fourth-order valence-corrected chi connectivity index (χ4v) is 4.17. The highest BCUT2D eigenvalue weighted by Crippen LogP contribution is 2.33. The maximum atomic E-state index is 13.9. The quantitative estimate of drug-likeness (QED) is 0.387. The van der Waals surface area contributed by atoms with Crippen LogP contribution in [0.5, 0.6) is 5.75 Å². The molecule has 1 aliphatic heterocycles. The van der Waals surface area contributed by atoms with Gasteiger partial charge < -0.3 is 14.5 Å². The number of halogens is 4. The Morgan fingerprint density at radius 1 is 0.944 bits per heavy atom. The first-order valence-corrected chi connectivity index (χ1v) is 11.2. The number of anilines is 1. The van der Waals surface area contributed by atoms with E-state index in [9.17, 15) is 22.4 Å². The van der Waals surface area contributed by atoms with Crippen molar-refractivity contribution in [3.05, 3.63) is 77.9 Å².